The van der Waals surface area contributed by atoms with Crippen molar-refractivity contribution >= 4 is 55.4 Å². The number of halogens is 2. The van der Waals surface area contributed by atoms with Gasteiger partial charge in [-0.05, 0) is 49.0 Å². The first kappa shape index (κ1) is 23.7. The van der Waals surface area contributed by atoms with Crippen LogP contribution in [0.25, 0.3) is 10.8 Å². The molecule has 1 fully saturated rings. The molecular weight excluding hydrogens is 489 g/mol. The molecule has 2 heterocycles. The van der Waals surface area contributed by atoms with E-state index in [9.17, 15) is 8.42 Å². The summed E-state index contributed by atoms with van der Waals surface area (Å²) >= 11 is 12.5. The zero-order chi connectivity index (χ0) is 23.7. The first-order chi connectivity index (χ1) is 16.5. The van der Waals surface area contributed by atoms with Crippen molar-refractivity contribution in [3.05, 3.63) is 64.6 Å². The van der Waals surface area contributed by atoms with Gasteiger partial charge in [-0.3, -0.25) is 9.21 Å². The van der Waals surface area contributed by atoms with Crippen molar-refractivity contribution in [2.24, 2.45) is 0 Å². The number of anilines is 2. The maximum absolute atomic E-state index is 13.1. The highest BCUT2D eigenvalue weighted by Crippen LogP contribution is 2.42. The van der Waals surface area contributed by atoms with Crippen molar-refractivity contribution in [2.45, 2.75) is 30.6 Å². The third-order valence-corrected chi connectivity index (χ3v) is 9.58. The Hall–Kier alpha value is -1.99. The zero-order valence-electron chi connectivity index (χ0n) is 19.1. The minimum atomic E-state index is -3.44. The lowest BCUT2D eigenvalue weighted by atomic mass is 10.1. The normalized spacial score (nSPS) is 17.6. The van der Waals surface area contributed by atoms with Crippen LogP contribution in [0.3, 0.4) is 0 Å². The van der Waals surface area contributed by atoms with Gasteiger partial charge in [0.1, 0.15) is 0 Å². The number of nitrogens with zero attached hydrogens (tertiary/aromatic N) is 3. The first-order valence-corrected chi connectivity index (χ1v) is 14.1. The van der Waals surface area contributed by atoms with E-state index in [1.165, 1.54) is 0 Å². The van der Waals surface area contributed by atoms with E-state index in [0.717, 1.165) is 80.6 Å². The van der Waals surface area contributed by atoms with E-state index in [1.807, 2.05) is 48.5 Å². The molecule has 0 N–H and O–H groups in total. The van der Waals surface area contributed by atoms with E-state index >= 15 is 0 Å². The third kappa shape index (κ3) is 4.49. The molecule has 0 amide bonds. The standard InChI is InChI=1S/C26H29Cl2N3O2S/c27-21-10-7-12-23(26(21)28)30-18-16-29(17-19-30)14-3-1-2-4-15-31-22-11-5-8-20-9-6-13-24(25(20)22)34(31,32)33/h5-13H,1-4,14-19H2. The summed E-state index contributed by atoms with van der Waals surface area (Å²) < 4.78 is 27.7. The molecule has 34 heavy (non-hydrogen) atoms. The number of piperazine rings is 1. The molecule has 0 radical (unpaired) electrons. The highest BCUT2D eigenvalue weighted by molar-refractivity contribution is 7.93. The molecule has 2 aliphatic heterocycles. The molecule has 0 aliphatic carbocycles. The zero-order valence-corrected chi connectivity index (χ0v) is 21.4. The quantitative estimate of drug-likeness (QED) is 0.341. The Kier molecular flexibility index (Phi) is 6.94. The van der Waals surface area contributed by atoms with Crippen LogP contribution in [0.4, 0.5) is 11.4 Å². The summed E-state index contributed by atoms with van der Waals surface area (Å²) in [4.78, 5) is 5.25. The molecule has 0 unspecified atom stereocenters. The fourth-order valence-corrected chi connectivity index (χ4v) is 7.26. The van der Waals surface area contributed by atoms with Gasteiger partial charge in [-0.2, -0.15) is 0 Å². The van der Waals surface area contributed by atoms with Gasteiger partial charge in [0, 0.05) is 38.1 Å². The molecular formula is C26H29Cl2N3O2S. The van der Waals surface area contributed by atoms with Gasteiger partial charge >= 0.3 is 0 Å². The van der Waals surface area contributed by atoms with Gasteiger partial charge in [0.2, 0.25) is 0 Å². The van der Waals surface area contributed by atoms with Crippen LogP contribution in [0.5, 0.6) is 0 Å². The number of rotatable bonds is 8. The smallest absolute Gasteiger partial charge is 0.265 e. The van der Waals surface area contributed by atoms with Crippen molar-refractivity contribution in [1.82, 2.24) is 4.90 Å². The van der Waals surface area contributed by atoms with Crippen molar-refractivity contribution < 1.29 is 8.42 Å². The van der Waals surface area contributed by atoms with Crippen LogP contribution in [0, 0.1) is 0 Å². The minimum absolute atomic E-state index is 0.443. The summed E-state index contributed by atoms with van der Waals surface area (Å²) in [7, 11) is -3.44. The van der Waals surface area contributed by atoms with Crippen LogP contribution in [0.15, 0.2) is 59.5 Å². The van der Waals surface area contributed by atoms with E-state index in [4.69, 9.17) is 23.2 Å². The van der Waals surface area contributed by atoms with Crippen LogP contribution < -0.4 is 9.21 Å². The molecule has 0 spiro atoms. The summed E-state index contributed by atoms with van der Waals surface area (Å²) in [5.41, 5.74) is 1.84. The molecule has 5 rings (SSSR count). The number of hydrogen-bond donors (Lipinski definition) is 0. The second-order valence-electron chi connectivity index (χ2n) is 9.02. The lowest BCUT2D eigenvalue weighted by Crippen LogP contribution is -2.46. The van der Waals surface area contributed by atoms with Gasteiger partial charge in [0.15, 0.2) is 0 Å². The lowest BCUT2D eigenvalue weighted by molar-refractivity contribution is 0.252. The van der Waals surface area contributed by atoms with Crippen molar-refractivity contribution in [1.29, 1.82) is 0 Å². The third-order valence-electron chi connectivity index (χ3n) is 6.91. The Morgan fingerprint density at radius 1 is 0.735 bits per heavy atom. The molecule has 0 saturated carbocycles. The maximum atomic E-state index is 13.1. The highest BCUT2D eigenvalue weighted by Gasteiger charge is 2.34. The molecule has 8 heteroatoms. The Bertz CT molecular complexity index is 1290. The topological polar surface area (TPSA) is 43.9 Å². The van der Waals surface area contributed by atoms with Crippen LogP contribution in [0.1, 0.15) is 25.7 Å². The van der Waals surface area contributed by atoms with Crippen molar-refractivity contribution in [3.8, 4) is 0 Å². The molecule has 5 nitrogen and oxygen atoms in total. The fraction of sp³-hybridized carbons (Fsp3) is 0.385. The van der Waals surface area contributed by atoms with Crippen LogP contribution in [-0.2, 0) is 10.0 Å². The Labute approximate surface area is 211 Å². The molecule has 3 aromatic carbocycles. The number of benzene rings is 3. The SMILES string of the molecule is O=S1(=O)c2cccc3cccc(c23)N1CCCCCCN1CCN(c2cccc(Cl)c2Cl)CC1. The van der Waals surface area contributed by atoms with Gasteiger partial charge < -0.3 is 4.90 Å². The highest BCUT2D eigenvalue weighted by atomic mass is 35.5. The molecule has 0 bridgehead atoms. The van der Waals surface area contributed by atoms with E-state index in [-0.39, 0.29) is 0 Å². The number of hydrogen-bond acceptors (Lipinski definition) is 4. The predicted octanol–water partition coefficient (Wildman–Crippen LogP) is 6.04. The average molecular weight is 519 g/mol. The first-order valence-electron chi connectivity index (χ1n) is 11.9. The van der Waals surface area contributed by atoms with Gasteiger partial charge in [-0.1, -0.05) is 66.4 Å². The van der Waals surface area contributed by atoms with E-state index < -0.39 is 10.0 Å². The largest absolute Gasteiger partial charge is 0.368 e. The monoisotopic (exact) mass is 517 g/mol. The van der Waals surface area contributed by atoms with E-state index in [2.05, 4.69) is 9.80 Å². The van der Waals surface area contributed by atoms with E-state index in [1.54, 1.807) is 10.4 Å². The maximum Gasteiger partial charge on any atom is 0.265 e. The van der Waals surface area contributed by atoms with Crippen LogP contribution >= 0.6 is 23.2 Å². The Morgan fingerprint density at radius 3 is 2.15 bits per heavy atom. The summed E-state index contributed by atoms with van der Waals surface area (Å²) in [6.07, 6.45) is 4.12. The van der Waals surface area contributed by atoms with Crippen LogP contribution in [0.2, 0.25) is 10.0 Å². The van der Waals surface area contributed by atoms with E-state index in [0.29, 0.717) is 21.5 Å². The minimum Gasteiger partial charge on any atom is -0.368 e. The second-order valence-corrected chi connectivity index (χ2v) is 11.6. The van der Waals surface area contributed by atoms with Crippen LogP contribution in [-0.4, -0.2) is 52.6 Å². The van der Waals surface area contributed by atoms with Gasteiger partial charge in [0.25, 0.3) is 10.0 Å². The Morgan fingerprint density at radius 2 is 1.38 bits per heavy atom. The number of sulfonamides is 1. The molecule has 0 aromatic heterocycles. The van der Waals surface area contributed by atoms with Crippen molar-refractivity contribution in [2.75, 3.05) is 48.5 Å². The summed E-state index contributed by atoms with van der Waals surface area (Å²) in [6, 6.07) is 17.2. The van der Waals surface area contributed by atoms with Crippen molar-refractivity contribution in [3.63, 3.8) is 0 Å². The van der Waals surface area contributed by atoms with Gasteiger partial charge in [0.05, 0.1) is 26.3 Å². The summed E-state index contributed by atoms with van der Waals surface area (Å²) in [6.45, 7) is 5.52. The lowest BCUT2D eigenvalue weighted by Gasteiger charge is -2.36. The molecule has 1 saturated heterocycles. The Balaban J connectivity index is 1.06. The predicted molar refractivity (Wildman–Crippen MR) is 142 cm³/mol. The van der Waals surface area contributed by atoms with Gasteiger partial charge in [-0.15, -0.1) is 0 Å². The average Bonchev–Trinajstić information content (AvgIpc) is 3.06. The second kappa shape index (κ2) is 9.94. The number of unbranched alkanes of at least 4 members (excludes halogenated alkanes) is 3. The summed E-state index contributed by atoms with van der Waals surface area (Å²) in [5, 5.41) is 3.09. The molecule has 2 aliphatic rings. The fourth-order valence-electron chi connectivity index (χ4n) is 5.09. The molecule has 0 atom stereocenters. The van der Waals surface area contributed by atoms with Gasteiger partial charge in [-0.25, -0.2) is 8.42 Å². The molecule has 180 valence electrons. The molecule has 3 aromatic rings. The summed E-state index contributed by atoms with van der Waals surface area (Å²) in [5.74, 6) is 0.